The van der Waals surface area contributed by atoms with Gasteiger partial charge >= 0.3 is 0 Å². The van der Waals surface area contributed by atoms with Crippen LogP contribution in [0.1, 0.15) is 5.82 Å². The monoisotopic (exact) mass is 258 g/mol. The predicted octanol–water partition coefficient (Wildman–Crippen LogP) is 1.19. The molecule has 0 bridgehead atoms. The van der Waals surface area contributed by atoms with Gasteiger partial charge in [0.15, 0.2) is 0 Å². The highest BCUT2D eigenvalue weighted by Crippen LogP contribution is 2.17. The first-order valence-electron chi connectivity index (χ1n) is 6.20. The summed E-state index contributed by atoms with van der Waals surface area (Å²) in [6.07, 6.45) is 1.79. The first-order chi connectivity index (χ1) is 9.24. The van der Waals surface area contributed by atoms with Gasteiger partial charge in [0.05, 0.1) is 18.7 Å². The third kappa shape index (κ3) is 3.27. The molecule has 1 heterocycles. The molecule has 0 aliphatic heterocycles. The zero-order valence-corrected chi connectivity index (χ0v) is 10.8. The van der Waals surface area contributed by atoms with Gasteiger partial charge in [-0.2, -0.15) is 0 Å². The Morgan fingerprint density at radius 2 is 2.11 bits per heavy atom. The van der Waals surface area contributed by atoms with Crippen LogP contribution < -0.4 is 5.73 Å². The molecule has 0 amide bonds. The first kappa shape index (κ1) is 13.5. The minimum Gasteiger partial charge on any atom is -0.395 e. The highest BCUT2D eigenvalue weighted by molar-refractivity contribution is 5.87. The molecule has 5 nitrogen and oxygen atoms in total. The number of hydrogen-bond donors (Lipinski definition) is 2. The highest BCUT2D eigenvalue weighted by Gasteiger charge is 2.09. The van der Waals surface area contributed by atoms with Gasteiger partial charge in [-0.15, -0.1) is 6.58 Å². The lowest BCUT2D eigenvalue weighted by atomic mass is 10.2. The van der Waals surface area contributed by atoms with Crippen LogP contribution in [0.25, 0.3) is 10.9 Å². The fraction of sp³-hybridized carbons (Fsp3) is 0.286. The van der Waals surface area contributed by atoms with Crippen LogP contribution in [0.2, 0.25) is 0 Å². The number of aliphatic hydroxyl groups excluding tert-OH is 1. The number of nitrogen functional groups attached to an aromatic ring is 1. The number of nitrogens with two attached hydrogens (primary N) is 1. The molecule has 2 aromatic rings. The van der Waals surface area contributed by atoms with E-state index in [2.05, 4.69) is 16.5 Å². The largest absolute Gasteiger partial charge is 0.395 e. The van der Waals surface area contributed by atoms with Gasteiger partial charge in [0, 0.05) is 18.5 Å². The minimum absolute atomic E-state index is 0.0942. The van der Waals surface area contributed by atoms with Gasteiger partial charge in [0.25, 0.3) is 0 Å². The van der Waals surface area contributed by atoms with Crippen molar-refractivity contribution < 1.29 is 5.11 Å². The van der Waals surface area contributed by atoms with Crippen LogP contribution in [0.5, 0.6) is 0 Å². The molecule has 19 heavy (non-hydrogen) atoms. The van der Waals surface area contributed by atoms with Crippen LogP contribution in [0.4, 0.5) is 5.82 Å². The average molecular weight is 258 g/mol. The summed E-state index contributed by atoms with van der Waals surface area (Å²) in [4.78, 5) is 10.8. The quantitative estimate of drug-likeness (QED) is 0.761. The molecule has 3 N–H and O–H groups in total. The maximum absolute atomic E-state index is 9.03. The van der Waals surface area contributed by atoms with Crippen LogP contribution in [0.15, 0.2) is 36.9 Å². The number of nitrogens with zero attached hydrogens (tertiary/aromatic N) is 3. The molecule has 5 heteroatoms. The lowest BCUT2D eigenvalue weighted by molar-refractivity contribution is 0.201. The second-order valence-electron chi connectivity index (χ2n) is 4.29. The van der Waals surface area contributed by atoms with Gasteiger partial charge in [-0.25, -0.2) is 9.97 Å². The van der Waals surface area contributed by atoms with Crippen molar-refractivity contribution in [2.75, 3.05) is 25.4 Å². The molecule has 1 aromatic heterocycles. The summed E-state index contributed by atoms with van der Waals surface area (Å²) in [7, 11) is 0. The topological polar surface area (TPSA) is 75.3 Å². The SMILES string of the molecule is C=CCN(CCO)Cc1nc(N)c2ccccc2n1. The van der Waals surface area contributed by atoms with Crippen LogP contribution in [-0.4, -0.2) is 39.7 Å². The van der Waals surface area contributed by atoms with Crippen molar-refractivity contribution in [1.29, 1.82) is 0 Å². The van der Waals surface area contributed by atoms with E-state index >= 15 is 0 Å². The second kappa shape index (κ2) is 6.26. The molecule has 0 radical (unpaired) electrons. The van der Waals surface area contributed by atoms with E-state index in [9.17, 15) is 0 Å². The fourth-order valence-electron chi connectivity index (χ4n) is 1.98. The molecule has 0 aliphatic rings. The number of rotatable bonds is 6. The normalized spacial score (nSPS) is 11.1. The van der Waals surface area contributed by atoms with E-state index in [4.69, 9.17) is 10.8 Å². The molecular formula is C14H18N4O. The molecular weight excluding hydrogens is 240 g/mol. The maximum atomic E-state index is 9.03. The average Bonchev–Trinajstić information content (AvgIpc) is 2.39. The third-order valence-electron chi connectivity index (χ3n) is 2.85. The van der Waals surface area contributed by atoms with Crippen molar-refractivity contribution >= 4 is 16.7 Å². The summed E-state index contributed by atoms with van der Waals surface area (Å²) >= 11 is 0. The van der Waals surface area contributed by atoms with E-state index < -0.39 is 0 Å². The molecule has 0 atom stereocenters. The summed E-state index contributed by atoms with van der Waals surface area (Å²) in [5.41, 5.74) is 6.78. The van der Waals surface area contributed by atoms with Crippen LogP contribution in [0, 0.1) is 0 Å². The Balaban J connectivity index is 2.26. The van der Waals surface area contributed by atoms with Gasteiger partial charge in [-0.1, -0.05) is 18.2 Å². The van der Waals surface area contributed by atoms with Gasteiger partial charge in [0.2, 0.25) is 0 Å². The van der Waals surface area contributed by atoms with E-state index in [0.29, 0.717) is 31.3 Å². The van der Waals surface area contributed by atoms with Crippen LogP contribution in [0.3, 0.4) is 0 Å². The number of aromatic nitrogens is 2. The number of anilines is 1. The highest BCUT2D eigenvalue weighted by atomic mass is 16.3. The van der Waals surface area contributed by atoms with Gasteiger partial charge in [0.1, 0.15) is 11.6 Å². The standard InChI is InChI=1S/C14H18N4O/c1-2-7-18(8-9-19)10-13-16-12-6-4-3-5-11(12)14(15)17-13/h2-6,19H,1,7-10H2,(H2,15,16,17). The number of fused-ring (bicyclic) bond motifs is 1. The van der Waals surface area contributed by atoms with Crippen molar-refractivity contribution in [2.24, 2.45) is 0 Å². The lowest BCUT2D eigenvalue weighted by Gasteiger charge is -2.18. The molecule has 0 saturated carbocycles. The van der Waals surface area contributed by atoms with Crippen molar-refractivity contribution in [2.45, 2.75) is 6.54 Å². The number of benzene rings is 1. The molecule has 0 saturated heterocycles. The number of hydrogen-bond acceptors (Lipinski definition) is 5. The molecule has 100 valence electrons. The van der Waals surface area contributed by atoms with E-state index in [0.717, 1.165) is 10.9 Å². The van der Waals surface area contributed by atoms with Crippen molar-refractivity contribution in [1.82, 2.24) is 14.9 Å². The fourth-order valence-corrected chi connectivity index (χ4v) is 1.98. The van der Waals surface area contributed by atoms with Gasteiger partial charge < -0.3 is 10.8 Å². The molecule has 0 aliphatic carbocycles. The lowest BCUT2D eigenvalue weighted by Crippen LogP contribution is -2.27. The van der Waals surface area contributed by atoms with E-state index in [1.165, 1.54) is 0 Å². The summed E-state index contributed by atoms with van der Waals surface area (Å²) in [5, 5.41) is 9.89. The summed E-state index contributed by atoms with van der Waals surface area (Å²) in [5.74, 6) is 1.15. The van der Waals surface area contributed by atoms with Crippen molar-refractivity contribution in [3.63, 3.8) is 0 Å². The van der Waals surface area contributed by atoms with Crippen molar-refractivity contribution in [3.8, 4) is 0 Å². The third-order valence-corrected chi connectivity index (χ3v) is 2.85. The maximum Gasteiger partial charge on any atom is 0.145 e. The Morgan fingerprint density at radius 1 is 1.32 bits per heavy atom. The first-order valence-corrected chi connectivity index (χ1v) is 6.20. The Kier molecular flexibility index (Phi) is 4.43. The summed E-state index contributed by atoms with van der Waals surface area (Å²) < 4.78 is 0. The Bertz CT molecular complexity index is 570. The second-order valence-corrected chi connectivity index (χ2v) is 4.29. The summed E-state index contributed by atoms with van der Waals surface area (Å²) in [6.45, 7) is 5.58. The molecule has 0 fully saturated rings. The van der Waals surface area contributed by atoms with E-state index in [-0.39, 0.29) is 6.61 Å². The van der Waals surface area contributed by atoms with Gasteiger partial charge in [-0.3, -0.25) is 4.90 Å². The number of para-hydroxylation sites is 1. The molecule has 1 aromatic carbocycles. The van der Waals surface area contributed by atoms with Crippen LogP contribution >= 0.6 is 0 Å². The zero-order valence-electron chi connectivity index (χ0n) is 10.8. The van der Waals surface area contributed by atoms with E-state index in [1.807, 2.05) is 29.2 Å². The molecule has 0 spiro atoms. The zero-order chi connectivity index (χ0) is 13.7. The Morgan fingerprint density at radius 3 is 2.84 bits per heavy atom. The molecule has 2 rings (SSSR count). The number of aliphatic hydroxyl groups is 1. The molecule has 0 unspecified atom stereocenters. The summed E-state index contributed by atoms with van der Waals surface area (Å²) in [6, 6.07) is 7.66. The predicted molar refractivity (Wildman–Crippen MR) is 76.5 cm³/mol. The van der Waals surface area contributed by atoms with Gasteiger partial charge in [-0.05, 0) is 12.1 Å². The minimum atomic E-state index is 0.0942. The van der Waals surface area contributed by atoms with Crippen LogP contribution in [-0.2, 0) is 6.54 Å². The Labute approximate surface area is 112 Å². The van der Waals surface area contributed by atoms with Crippen molar-refractivity contribution in [3.05, 3.63) is 42.7 Å². The Hall–Kier alpha value is -1.98. The van der Waals surface area contributed by atoms with E-state index in [1.54, 1.807) is 6.08 Å². The smallest absolute Gasteiger partial charge is 0.145 e.